The van der Waals surface area contributed by atoms with Crippen LogP contribution >= 0.6 is 0 Å². The molecule has 1 heterocycles. The van der Waals surface area contributed by atoms with Crippen molar-refractivity contribution in [1.82, 2.24) is 14.8 Å². The second kappa shape index (κ2) is 7.83. The van der Waals surface area contributed by atoms with Gasteiger partial charge in [0.05, 0.1) is 11.9 Å². The van der Waals surface area contributed by atoms with Crippen molar-refractivity contribution in [2.24, 2.45) is 5.73 Å². The first-order valence-electron chi connectivity index (χ1n) is 8.59. The number of carbonyl (C=O) groups excluding carboxylic acids is 2. The Bertz CT molecular complexity index is 1070. The fourth-order valence-electron chi connectivity index (χ4n) is 2.55. The summed E-state index contributed by atoms with van der Waals surface area (Å²) < 4.78 is 1.02. The van der Waals surface area contributed by atoms with Crippen LogP contribution in [0.5, 0.6) is 0 Å². The Morgan fingerprint density at radius 2 is 1.71 bits per heavy atom. The number of aryl methyl sites for hydroxylation is 1. The molecule has 0 unspecified atom stereocenters. The van der Waals surface area contributed by atoms with Crippen LogP contribution in [0.3, 0.4) is 0 Å². The Balaban J connectivity index is 1.76. The molecule has 2 amide bonds. The van der Waals surface area contributed by atoms with Crippen LogP contribution in [0.25, 0.3) is 11.3 Å². The number of hydrogen-bond acceptors (Lipinski definition) is 5. The SMILES string of the molecule is Cc1ccc(-c2cnn([C@@H](C)C(=O)Nc3ccc(C(N)=O)cc3)c(=O)n2)cc1. The van der Waals surface area contributed by atoms with Gasteiger partial charge in [0.2, 0.25) is 11.8 Å². The molecule has 0 radical (unpaired) electrons. The van der Waals surface area contributed by atoms with Crippen molar-refractivity contribution in [1.29, 1.82) is 0 Å². The third-order valence-corrected chi connectivity index (χ3v) is 4.25. The van der Waals surface area contributed by atoms with Crippen molar-refractivity contribution >= 4 is 17.5 Å². The Morgan fingerprint density at radius 1 is 1.07 bits per heavy atom. The molecule has 3 N–H and O–H groups in total. The van der Waals surface area contributed by atoms with E-state index in [1.165, 1.54) is 18.3 Å². The zero-order valence-electron chi connectivity index (χ0n) is 15.4. The zero-order chi connectivity index (χ0) is 20.3. The Morgan fingerprint density at radius 3 is 2.29 bits per heavy atom. The Hall–Kier alpha value is -3.81. The van der Waals surface area contributed by atoms with E-state index in [2.05, 4.69) is 15.4 Å². The minimum Gasteiger partial charge on any atom is -0.366 e. The van der Waals surface area contributed by atoms with Crippen LogP contribution in [0.2, 0.25) is 0 Å². The summed E-state index contributed by atoms with van der Waals surface area (Å²) in [4.78, 5) is 39.9. The Kier molecular flexibility index (Phi) is 5.30. The highest BCUT2D eigenvalue weighted by Gasteiger charge is 2.18. The number of nitrogens with two attached hydrogens (primary N) is 1. The van der Waals surface area contributed by atoms with E-state index in [1.54, 1.807) is 19.1 Å². The predicted molar refractivity (Wildman–Crippen MR) is 105 cm³/mol. The molecule has 0 saturated heterocycles. The highest BCUT2D eigenvalue weighted by molar-refractivity contribution is 5.95. The number of amides is 2. The average molecular weight is 377 g/mol. The van der Waals surface area contributed by atoms with Crippen molar-refractivity contribution in [2.45, 2.75) is 19.9 Å². The summed E-state index contributed by atoms with van der Waals surface area (Å²) in [6.07, 6.45) is 1.46. The lowest BCUT2D eigenvalue weighted by atomic mass is 10.1. The number of rotatable bonds is 5. The number of hydrogen-bond donors (Lipinski definition) is 2. The van der Waals surface area contributed by atoms with E-state index in [-0.39, 0.29) is 0 Å². The van der Waals surface area contributed by atoms with E-state index in [0.717, 1.165) is 15.8 Å². The van der Waals surface area contributed by atoms with E-state index in [9.17, 15) is 14.4 Å². The first-order valence-corrected chi connectivity index (χ1v) is 8.59. The molecule has 1 aromatic heterocycles. The van der Waals surface area contributed by atoms with E-state index in [1.807, 2.05) is 31.2 Å². The van der Waals surface area contributed by atoms with E-state index >= 15 is 0 Å². The number of anilines is 1. The van der Waals surface area contributed by atoms with Gasteiger partial charge in [0.1, 0.15) is 6.04 Å². The smallest absolute Gasteiger partial charge is 0.365 e. The first kappa shape index (κ1) is 19.0. The molecule has 0 spiro atoms. The summed E-state index contributed by atoms with van der Waals surface area (Å²) in [5.74, 6) is -0.993. The third-order valence-electron chi connectivity index (χ3n) is 4.25. The molecule has 0 aliphatic rings. The van der Waals surface area contributed by atoms with Crippen LogP contribution in [0, 0.1) is 6.92 Å². The van der Waals surface area contributed by atoms with Crippen LogP contribution in [-0.2, 0) is 4.79 Å². The van der Waals surface area contributed by atoms with Crippen LogP contribution in [-0.4, -0.2) is 26.6 Å². The van der Waals surface area contributed by atoms with Crippen LogP contribution < -0.4 is 16.7 Å². The maximum absolute atomic E-state index is 12.4. The second-order valence-corrected chi connectivity index (χ2v) is 6.34. The van der Waals surface area contributed by atoms with Crippen molar-refractivity contribution in [3.8, 4) is 11.3 Å². The number of nitrogens with one attached hydrogen (secondary N) is 1. The highest BCUT2D eigenvalue weighted by atomic mass is 16.2. The van der Waals surface area contributed by atoms with Gasteiger partial charge < -0.3 is 11.1 Å². The summed E-state index contributed by atoms with van der Waals surface area (Å²) >= 11 is 0. The lowest BCUT2D eigenvalue weighted by Gasteiger charge is -2.14. The minimum atomic E-state index is -0.872. The van der Waals surface area contributed by atoms with Crippen LogP contribution in [0.4, 0.5) is 5.69 Å². The lowest BCUT2D eigenvalue weighted by molar-refractivity contribution is -0.119. The molecule has 0 bridgehead atoms. The molecule has 142 valence electrons. The maximum atomic E-state index is 12.4. The molecule has 28 heavy (non-hydrogen) atoms. The molecular formula is C20H19N5O3. The molecule has 3 rings (SSSR count). The van der Waals surface area contributed by atoms with Crippen molar-refractivity contribution in [3.63, 3.8) is 0 Å². The summed E-state index contributed by atoms with van der Waals surface area (Å²) in [7, 11) is 0. The largest absolute Gasteiger partial charge is 0.366 e. The van der Waals surface area contributed by atoms with E-state index < -0.39 is 23.5 Å². The highest BCUT2D eigenvalue weighted by Crippen LogP contribution is 2.16. The summed E-state index contributed by atoms with van der Waals surface area (Å²) in [6, 6.07) is 12.8. The van der Waals surface area contributed by atoms with E-state index in [4.69, 9.17) is 5.73 Å². The standard InChI is InChI=1S/C20H19N5O3/c1-12-3-5-14(6-4-12)17-11-22-25(20(28)24-17)13(2)19(27)23-16-9-7-15(8-10-16)18(21)26/h3-11,13H,1-2H3,(H2,21,26)(H,23,27)/t13-/m0/s1. The molecule has 0 aliphatic carbocycles. The average Bonchev–Trinajstić information content (AvgIpc) is 2.68. The van der Waals surface area contributed by atoms with Gasteiger partial charge in [-0.2, -0.15) is 10.1 Å². The maximum Gasteiger partial charge on any atom is 0.365 e. The van der Waals surface area contributed by atoms with Crippen LogP contribution in [0.1, 0.15) is 28.9 Å². The number of carbonyl (C=O) groups is 2. The van der Waals surface area contributed by atoms with Gasteiger partial charge in [0.25, 0.3) is 0 Å². The monoisotopic (exact) mass is 377 g/mol. The fourth-order valence-corrected chi connectivity index (χ4v) is 2.55. The first-order chi connectivity index (χ1) is 13.3. The Labute approximate surface area is 161 Å². The molecule has 2 aromatic carbocycles. The predicted octanol–water partition coefficient (Wildman–Crippen LogP) is 1.91. The van der Waals surface area contributed by atoms with Gasteiger partial charge in [-0.3, -0.25) is 9.59 Å². The van der Waals surface area contributed by atoms with Gasteiger partial charge in [-0.25, -0.2) is 9.48 Å². The van der Waals surface area contributed by atoms with Gasteiger partial charge in [-0.05, 0) is 38.1 Å². The van der Waals surface area contributed by atoms with Crippen LogP contribution in [0.15, 0.2) is 59.5 Å². The quantitative estimate of drug-likeness (QED) is 0.704. The molecule has 0 aliphatic heterocycles. The second-order valence-electron chi connectivity index (χ2n) is 6.34. The van der Waals surface area contributed by atoms with E-state index in [0.29, 0.717) is 16.9 Å². The van der Waals surface area contributed by atoms with Gasteiger partial charge >= 0.3 is 5.69 Å². The summed E-state index contributed by atoms with van der Waals surface area (Å²) in [6.45, 7) is 3.52. The molecule has 8 nitrogen and oxygen atoms in total. The topological polar surface area (TPSA) is 120 Å². The fraction of sp³-hybridized carbons (Fsp3) is 0.150. The van der Waals surface area contributed by atoms with Gasteiger partial charge in [-0.1, -0.05) is 29.8 Å². The summed E-state index contributed by atoms with van der Waals surface area (Å²) in [5.41, 5.74) is 7.68. The normalized spacial score (nSPS) is 11.6. The minimum absolute atomic E-state index is 0.333. The zero-order valence-corrected chi connectivity index (χ0v) is 15.4. The van der Waals surface area contributed by atoms with Gasteiger partial charge in [-0.15, -0.1) is 0 Å². The number of nitrogens with zero attached hydrogens (tertiary/aromatic N) is 3. The molecule has 1 atom stereocenters. The summed E-state index contributed by atoms with van der Waals surface area (Å²) in [5, 5.41) is 6.76. The molecule has 8 heteroatoms. The van der Waals surface area contributed by atoms with Crippen molar-refractivity contribution in [3.05, 3.63) is 76.3 Å². The number of primary amides is 1. The lowest BCUT2D eigenvalue weighted by Crippen LogP contribution is -2.34. The molecular weight excluding hydrogens is 358 g/mol. The van der Waals surface area contributed by atoms with Gasteiger partial charge in [0, 0.05) is 16.8 Å². The van der Waals surface area contributed by atoms with Crippen molar-refractivity contribution in [2.75, 3.05) is 5.32 Å². The number of aromatic nitrogens is 3. The molecule has 0 fully saturated rings. The van der Waals surface area contributed by atoms with Gasteiger partial charge in [0.15, 0.2) is 0 Å². The third kappa shape index (κ3) is 4.12. The molecule has 3 aromatic rings. The molecule has 0 saturated carbocycles. The van der Waals surface area contributed by atoms with Crippen molar-refractivity contribution < 1.29 is 9.59 Å². The number of benzene rings is 2.